The smallest absolute Gasteiger partial charge is 0.0970 e. The van der Waals surface area contributed by atoms with E-state index in [1.165, 1.54) is 80.5 Å². The van der Waals surface area contributed by atoms with Gasteiger partial charge in [-0.2, -0.15) is 0 Å². The van der Waals surface area contributed by atoms with E-state index in [0.717, 1.165) is 38.6 Å². The highest BCUT2D eigenvalue weighted by Crippen LogP contribution is 2.44. The van der Waals surface area contributed by atoms with E-state index in [1.54, 1.807) is 0 Å². The van der Waals surface area contributed by atoms with Gasteiger partial charge in [-0.25, -0.2) is 4.98 Å². The van der Waals surface area contributed by atoms with Crippen molar-refractivity contribution in [2.75, 3.05) is 0 Å². The van der Waals surface area contributed by atoms with Gasteiger partial charge in [0, 0.05) is 65.1 Å². The molecular weight excluding hydrogens is 711 g/mol. The lowest BCUT2D eigenvalue weighted by Gasteiger charge is -2.17. The van der Waals surface area contributed by atoms with Crippen LogP contribution in [0, 0.1) is 12.8 Å². The maximum atomic E-state index is 5.37. The van der Waals surface area contributed by atoms with Crippen molar-refractivity contribution in [1.29, 1.82) is 0 Å². The Morgan fingerprint density at radius 3 is 2.25 bits per heavy atom. The molecule has 0 fully saturated rings. The summed E-state index contributed by atoms with van der Waals surface area (Å²) in [5.74, 6) is 0.290. The number of benzene rings is 7. The van der Waals surface area contributed by atoms with Crippen LogP contribution in [0.1, 0.15) is 30.5 Å². The van der Waals surface area contributed by atoms with Crippen LogP contribution in [0.25, 0.3) is 108 Å². The number of hydrogen-bond acceptors (Lipinski definition) is 4. The average Bonchev–Trinajstić information content (AvgIpc) is 3.64. The average molecular weight is 748 g/mol. The zero-order chi connectivity index (χ0) is 38.2. The summed E-state index contributed by atoms with van der Waals surface area (Å²) in [6.45, 7) is 6.82. The molecule has 0 aliphatic rings. The molecule has 11 aromatic rings. The first-order chi connectivity index (χ1) is 28.0. The first kappa shape index (κ1) is 33.6. The van der Waals surface area contributed by atoms with E-state index in [9.17, 15) is 0 Å². The van der Waals surface area contributed by atoms with Gasteiger partial charge in [-0.15, -0.1) is 11.3 Å². The minimum atomic E-state index is 0.290. The molecule has 0 unspecified atom stereocenters. The zero-order valence-electron chi connectivity index (χ0n) is 31.9. The highest BCUT2D eigenvalue weighted by atomic mass is 32.1. The Morgan fingerprint density at radius 2 is 1.35 bits per heavy atom. The van der Waals surface area contributed by atoms with E-state index in [-0.39, 0.29) is 0 Å². The van der Waals surface area contributed by atoms with Crippen molar-refractivity contribution in [2.24, 2.45) is 5.92 Å². The van der Waals surface area contributed by atoms with Crippen molar-refractivity contribution in [2.45, 2.75) is 20.8 Å². The number of aromatic nitrogens is 3. The van der Waals surface area contributed by atoms with E-state index in [0.29, 0.717) is 5.92 Å². The standard InChI is InChI=1S/C53H37N3S/c1-31(2)44(30-45-32(3)19-20-34-27-35(21-22-38(34)45)46-29-37-13-9-25-54-51(37)52-40(46)16-10-26-55-52)33-11-8-12-36(28-33)50-43-24-23-41-39-14-5-7-18-48(39)57-53(41)49(43)42-15-4-6-17-47(42)56-50/h4-31H,1-3H3/b44-30+. The summed E-state index contributed by atoms with van der Waals surface area (Å²) in [5.41, 5.74) is 12.4. The maximum absolute atomic E-state index is 5.37. The third-order valence-electron chi connectivity index (χ3n) is 11.7. The van der Waals surface area contributed by atoms with Gasteiger partial charge in [0.15, 0.2) is 0 Å². The fourth-order valence-corrected chi connectivity index (χ4v) is 10.1. The van der Waals surface area contributed by atoms with Crippen LogP contribution in [-0.2, 0) is 0 Å². The van der Waals surface area contributed by atoms with E-state index in [1.807, 2.05) is 35.9 Å². The molecule has 0 amide bonds. The minimum absolute atomic E-state index is 0.290. The van der Waals surface area contributed by atoms with Gasteiger partial charge in [0.2, 0.25) is 0 Å². The molecule has 4 aromatic heterocycles. The van der Waals surface area contributed by atoms with E-state index in [4.69, 9.17) is 9.97 Å². The molecule has 4 heterocycles. The summed E-state index contributed by atoms with van der Waals surface area (Å²) in [5, 5.41) is 11.0. The normalized spacial score (nSPS) is 12.4. The van der Waals surface area contributed by atoms with Crippen LogP contribution >= 0.6 is 11.3 Å². The molecule has 270 valence electrons. The monoisotopic (exact) mass is 747 g/mol. The van der Waals surface area contributed by atoms with Gasteiger partial charge in [0.05, 0.1) is 22.2 Å². The Hall–Kier alpha value is -6.75. The van der Waals surface area contributed by atoms with Crippen molar-refractivity contribution >= 4 is 97.4 Å². The summed E-state index contributed by atoms with van der Waals surface area (Å²) in [6, 6.07) is 52.9. The molecular formula is C53H37N3S. The summed E-state index contributed by atoms with van der Waals surface area (Å²) in [7, 11) is 0. The Bertz CT molecular complexity index is 3460. The number of thiophene rings is 1. The predicted octanol–water partition coefficient (Wildman–Crippen LogP) is 14.8. The molecule has 57 heavy (non-hydrogen) atoms. The molecule has 0 atom stereocenters. The van der Waals surface area contributed by atoms with Crippen LogP contribution in [0.15, 0.2) is 158 Å². The SMILES string of the molecule is Cc1ccc2cc(-c3cc4cccnc4c4ncccc34)ccc2c1/C=C(/c1cccc(-c2nc3ccccc3c3c2ccc2c4ccccc4sc23)c1)C(C)C. The molecule has 11 rings (SSSR count). The Labute approximate surface area is 334 Å². The second kappa shape index (κ2) is 13.2. The first-order valence-electron chi connectivity index (χ1n) is 19.6. The summed E-state index contributed by atoms with van der Waals surface area (Å²) in [6.07, 6.45) is 6.12. The van der Waals surface area contributed by atoms with Gasteiger partial charge < -0.3 is 0 Å². The lowest BCUT2D eigenvalue weighted by Crippen LogP contribution is -1.97. The van der Waals surface area contributed by atoms with Crippen molar-refractivity contribution in [3.63, 3.8) is 0 Å². The molecule has 0 spiro atoms. The molecule has 0 N–H and O–H groups in total. The van der Waals surface area contributed by atoms with Crippen molar-refractivity contribution in [3.8, 4) is 22.4 Å². The molecule has 4 heteroatoms. The molecule has 0 radical (unpaired) electrons. The molecule has 7 aromatic carbocycles. The fourth-order valence-electron chi connectivity index (χ4n) is 8.86. The maximum Gasteiger partial charge on any atom is 0.0970 e. The largest absolute Gasteiger partial charge is 0.254 e. The van der Waals surface area contributed by atoms with Crippen molar-refractivity contribution in [1.82, 2.24) is 15.0 Å². The van der Waals surface area contributed by atoms with Crippen LogP contribution < -0.4 is 0 Å². The third-order valence-corrected chi connectivity index (χ3v) is 12.9. The van der Waals surface area contributed by atoms with Crippen LogP contribution in [0.3, 0.4) is 0 Å². The van der Waals surface area contributed by atoms with Crippen molar-refractivity contribution in [3.05, 3.63) is 175 Å². The van der Waals surface area contributed by atoms with Gasteiger partial charge in [0.25, 0.3) is 0 Å². The van der Waals surface area contributed by atoms with E-state index < -0.39 is 0 Å². The van der Waals surface area contributed by atoms with Crippen LogP contribution in [0.5, 0.6) is 0 Å². The number of para-hydroxylation sites is 1. The molecule has 0 aliphatic carbocycles. The second-order valence-electron chi connectivity index (χ2n) is 15.4. The zero-order valence-corrected chi connectivity index (χ0v) is 32.7. The molecule has 0 aliphatic heterocycles. The number of nitrogens with zero attached hydrogens (tertiary/aromatic N) is 3. The Morgan fingerprint density at radius 1 is 0.579 bits per heavy atom. The van der Waals surface area contributed by atoms with Gasteiger partial charge >= 0.3 is 0 Å². The topological polar surface area (TPSA) is 38.7 Å². The quantitative estimate of drug-likeness (QED) is 0.130. The Kier molecular flexibility index (Phi) is 7.77. The predicted molar refractivity (Wildman–Crippen MR) is 245 cm³/mol. The highest BCUT2D eigenvalue weighted by Gasteiger charge is 2.18. The second-order valence-corrected chi connectivity index (χ2v) is 16.5. The number of pyridine rings is 3. The van der Waals surface area contributed by atoms with Crippen LogP contribution in [0.4, 0.5) is 0 Å². The van der Waals surface area contributed by atoms with E-state index >= 15 is 0 Å². The van der Waals surface area contributed by atoms with Gasteiger partial charge in [-0.1, -0.05) is 123 Å². The van der Waals surface area contributed by atoms with Crippen LogP contribution in [-0.4, -0.2) is 15.0 Å². The highest BCUT2D eigenvalue weighted by molar-refractivity contribution is 7.26. The summed E-state index contributed by atoms with van der Waals surface area (Å²) in [4.78, 5) is 14.8. The third kappa shape index (κ3) is 5.43. The number of rotatable bonds is 5. The first-order valence-corrected chi connectivity index (χ1v) is 20.4. The van der Waals surface area contributed by atoms with Gasteiger partial charge in [-0.3, -0.25) is 9.97 Å². The molecule has 0 saturated heterocycles. The Balaban J connectivity index is 1.06. The number of allylic oxidation sites excluding steroid dienone is 1. The van der Waals surface area contributed by atoms with Crippen molar-refractivity contribution < 1.29 is 0 Å². The summed E-state index contributed by atoms with van der Waals surface area (Å²) >= 11 is 1.88. The van der Waals surface area contributed by atoms with E-state index in [2.05, 4.69) is 165 Å². The molecule has 3 nitrogen and oxygen atoms in total. The molecule has 0 bridgehead atoms. The lowest BCUT2D eigenvalue weighted by molar-refractivity contribution is 0.859. The fraction of sp³-hybridized carbons (Fsp3) is 0.0755. The molecule has 0 saturated carbocycles. The lowest BCUT2D eigenvalue weighted by atomic mass is 9.88. The minimum Gasteiger partial charge on any atom is -0.254 e. The van der Waals surface area contributed by atoms with Gasteiger partial charge in [-0.05, 0) is 99.5 Å². The van der Waals surface area contributed by atoms with Crippen LogP contribution in [0.2, 0.25) is 0 Å². The van der Waals surface area contributed by atoms with Gasteiger partial charge in [0.1, 0.15) is 0 Å². The number of aryl methyl sites for hydroxylation is 1. The number of fused-ring (bicyclic) bond motifs is 11. The number of hydrogen-bond donors (Lipinski definition) is 0. The summed E-state index contributed by atoms with van der Waals surface area (Å²) < 4.78 is 2.64.